The Hall–Kier alpha value is -1.43. The van der Waals surface area contributed by atoms with Gasteiger partial charge in [0.05, 0.1) is 12.8 Å². The first kappa shape index (κ1) is 11.6. The van der Waals surface area contributed by atoms with Gasteiger partial charge in [-0.2, -0.15) is 0 Å². The number of nitrogens with two attached hydrogens (primary N) is 1. The summed E-state index contributed by atoms with van der Waals surface area (Å²) in [4.78, 5) is 26.7. The number of carbonyl (C=O) groups is 2. The monoisotopic (exact) mass is 228 g/mol. The second-order valence-corrected chi connectivity index (χ2v) is 4.24. The maximum absolute atomic E-state index is 11.4. The molecule has 6 heteroatoms. The number of aromatic nitrogens is 1. The molecule has 1 aromatic rings. The van der Waals surface area contributed by atoms with Gasteiger partial charge in [-0.3, -0.25) is 4.79 Å². The highest BCUT2D eigenvalue weighted by molar-refractivity contribution is 7.15. The molecule has 15 heavy (non-hydrogen) atoms. The van der Waals surface area contributed by atoms with E-state index in [1.807, 2.05) is 13.8 Å². The lowest BCUT2D eigenvalue weighted by Crippen LogP contribution is -2.10. The van der Waals surface area contributed by atoms with Gasteiger partial charge in [0.25, 0.3) is 5.91 Å². The molecule has 0 aliphatic rings. The van der Waals surface area contributed by atoms with E-state index in [9.17, 15) is 9.59 Å². The zero-order valence-electron chi connectivity index (χ0n) is 8.73. The summed E-state index contributed by atoms with van der Waals surface area (Å²) in [5.41, 5.74) is 5.65. The maximum atomic E-state index is 11.4. The predicted octanol–water partition coefficient (Wildman–Crippen LogP) is 1.15. The first-order valence-corrected chi connectivity index (χ1v) is 5.17. The van der Waals surface area contributed by atoms with Gasteiger partial charge in [0.15, 0.2) is 5.01 Å². The van der Waals surface area contributed by atoms with Gasteiger partial charge in [0.2, 0.25) is 0 Å². The van der Waals surface area contributed by atoms with Crippen LogP contribution in [0.25, 0.3) is 0 Å². The van der Waals surface area contributed by atoms with Crippen molar-refractivity contribution in [3.8, 4) is 0 Å². The maximum Gasteiger partial charge on any atom is 0.350 e. The van der Waals surface area contributed by atoms with Crippen molar-refractivity contribution < 1.29 is 14.3 Å². The Labute approximate surface area is 91.3 Å². The van der Waals surface area contributed by atoms with Crippen molar-refractivity contribution >= 4 is 23.2 Å². The van der Waals surface area contributed by atoms with Crippen molar-refractivity contribution in [2.45, 2.75) is 19.8 Å². The van der Waals surface area contributed by atoms with E-state index in [1.54, 1.807) is 0 Å². The number of rotatable bonds is 3. The van der Waals surface area contributed by atoms with Crippen molar-refractivity contribution in [2.24, 2.45) is 5.73 Å². The molecular weight excluding hydrogens is 216 g/mol. The van der Waals surface area contributed by atoms with Crippen LogP contribution in [-0.2, 0) is 4.74 Å². The summed E-state index contributed by atoms with van der Waals surface area (Å²) in [6.45, 7) is 3.76. The fourth-order valence-electron chi connectivity index (χ4n) is 1.07. The van der Waals surface area contributed by atoms with Crippen molar-refractivity contribution in [1.82, 2.24) is 4.98 Å². The Bertz CT molecular complexity index is 398. The first-order chi connectivity index (χ1) is 6.97. The Kier molecular flexibility index (Phi) is 3.41. The third kappa shape index (κ3) is 2.33. The highest BCUT2D eigenvalue weighted by Crippen LogP contribution is 2.25. The number of esters is 1. The normalized spacial score (nSPS) is 10.4. The predicted molar refractivity (Wildman–Crippen MR) is 56.1 cm³/mol. The average molecular weight is 228 g/mol. The number of ether oxygens (including phenoxy) is 1. The van der Waals surface area contributed by atoms with E-state index in [2.05, 4.69) is 9.72 Å². The fourth-order valence-corrected chi connectivity index (χ4v) is 2.06. The van der Waals surface area contributed by atoms with Crippen LogP contribution in [0.15, 0.2) is 0 Å². The van der Waals surface area contributed by atoms with Crippen LogP contribution in [0.1, 0.15) is 44.9 Å². The molecule has 0 saturated heterocycles. The molecule has 5 nitrogen and oxygen atoms in total. The van der Waals surface area contributed by atoms with Gasteiger partial charge in [0, 0.05) is 0 Å². The first-order valence-electron chi connectivity index (χ1n) is 4.36. The molecule has 82 valence electrons. The zero-order valence-corrected chi connectivity index (χ0v) is 9.55. The van der Waals surface area contributed by atoms with Gasteiger partial charge in [-0.05, 0) is 5.92 Å². The van der Waals surface area contributed by atoms with E-state index in [-0.39, 0.29) is 10.9 Å². The molecule has 0 aliphatic carbocycles. The number of hydrogen-bond donors (Lipinski definition) is 1. The van der Waals surface area contributed by atoms with Crippen molar-refractivity contribution in [3.05, 3.63) is 15.6 Å². The third-order valence-electron chi connectivity index (χ3n) is 1.78. The van der Waals surface area contributed by atoms with Crippen LogP contribution in [0.3, 0.4) is 0 Å². The van der Waals surface area contributed by atoms with Crippen LogP contribution in [0.4, 0.5) is 0 Å². The molecule has 0 aliphatic heterocycles. The van der Waals surface area contributed by atoms with Gasteiger partial charge in [0.1, 0.15) is 4.88 Å². The topological polar surface area (TPSA) is 82.3 Å². The van der Waals surface area contributed by atoms with E-state index >= 15 is 0 Å². The van der Waals surface area contributed by atoms with Crippen LogP contribution in [0.5, 0.6) is 0 Å². The average Bonchev–Trinajstić information content (AvgIpc) is 2.61. The number of methoxy groups -OCH3 is 1. The Morgan fingerprint density at radius 3 is 2.47 bits per heavy atom. The van der Waals surface area contributed by atoms with Crippen molar-refractivity contribution in [1.29, 1.82) is 0 Å². The highest BCUT2D eigenvalue weighted by Gasteiger charge is 2.22. The van der Waals surface area contributed by atoms with Gasteiger partial charge < -0.3 is 10.5 Å². The van der Waals surface area contributed by atoms with E-state index < -0.39 is 11.9 Å². The Morgan fingerprint density at radius 2 is 2.07 bits per heavy atom. The van der Waals surface area contributed by atoms with E-state index in [1.165, 1.54) is 7.11 Å². The van der Waals surface area contributed by atoms with Gasteiger partial charge in [-0.15, -0.1) is 11.3 Å². The number of hydrogen-bond acceptors (Lipinski definition) is 5. The molecule has 1 heterocycles. The number of nitrogens with zero attached hydrogens (tertiary/aromatic N) is 1. The molecule has 0 bridgehead atoms. The highest BCUT2D eigenvalue weighted by atomic mass is 32.1. The fraction of sp³-hybridized carbons (Fsp3) is 0.444. The summed E-state index contributed by atoms with van der Waals surface area (Å²) >= 11 is 0.968. The van der Waals surface area contributed by atoms with Crippen LogP contribution in [0.2, 0.25) is 0 Å². The standard InChI is InChI=1S/C9H12N2O3S/c1-4(2)5-6(9(13)14-3)15-8(11-5)7(10)12/h4H,1-3H3,(H2,10,12). The Morgan fingerprint density at radius 1 is 1.47 bits per heavy atom. The number of carbonyl (C=O) groups excluding carboxylic acids is 2. The minimum Gasteiger partial charge on any atom is -0.465 e. The lowest BCUT2D eigenvalue weighted by atomic mass is 10.1. The van der Waals surface area contributed by atoms with Crippen LogP contribution >= 0.6 is 11.3 Å². The molecule has 0 radical (unpaired) electrons. The molecule has 2 N–H and O–H groups in total. The Balaban J connectivity index is 3.23. The molecular formula is C9H12N2O3S. The largest absolute Gasteiger partial charge is 0.465 e. The lowest BCUT2D eigenvalue weighted by molar-refractivity contribution is 0.0604. The van der Waals surface area contributed by atoms with Gasteiger partial charge >= 0.3 is 5.97 Å². The molecule has 1 aromatic heterocycles. The molecule has 1 amide bonds. The van der Waals surface area contributed by atoms with E-state index in [4.69, 9.17) is 5.73 Å². The molecule has 0 unspecified atom stereocenters. The smallest absolute Gasteiger partial charge is 0.350 e. The zero-order chi connectivity index (χ0) is 11.6. The molecule has 0 spiro atoms. The third-order valence-corrected chi connectivity index (χ3v) is 2.85. The van der Waals surface area contributed by atoms with Gasteiger partial charge in [-0.1, -0.05) is 13.8 Å². The SMILES string of the molecule is COC(=O)c1sc(C(N)=O)nc1C(C)C. The van der Waals surface area contributed by atoms with Gasteiger partial charge in [-0.25, -0.2) is 9.78 Å². The minimum atomic E-state index is -0.628. The summed E-state index contributed by atoms with van der Waals surface area (Å²) in [5, 5.41) is 0.138. The molecule has 0 atom stereocenters. The minimum absolute atomic E-state index is 0.0449. The molecule has 0 aromatic carbocycles. The number of thiazole rings is 1. The summed E-state index contributed by atoms with van der Waals surface area (Å²) < 4.78 is 4.60. The summed E-state index contributed by atoms with van der Waals surface area (Å²) in [5.74, 6) is -1.07. The second kappa shape index (κ2) is 4.39. The number of amides is 1. The summed E-state index contributed by atoms with van der Waals surface area (Å²) in [6, 6.07) is 0. The van der Waals surface area contributed by atoms with Crippen molar-refractivity contribution in [2.75, 3.05) is 7.11 Å². The summed E-state index contributed by atoms with van der Waals surface area (Å²) in [7, 11) is 1.29. The summed E-state index contributed by atoms with van der Waals surface area (Å²) in [6.07, 6.45) is 0. The van der Waals surface area contributed by atoms with Crippen LogP contribution in [0, 0.1) is 0 Å². The molecule has 1 rings (SSSR count). The van der Waals surface area contributed by atoms with E-state index in [0.717, 1.165) is 11.3 Å². The second-order valence-electron chi connectivity index (χ2n) is 3.24. The quantitative estimate of drug-likeness (QED) is 0.787. The molecule has 0 saturated carbocycles. The van der Waals surface area contributed by atoms with Crippen LogP contribution < -0.4 is 5.73 Å². The molecule has 0 fully saturated rings. The number of primary amides is 1. The van der Waals surface area contributed by atoms with E-state index in [0.29, 0.717) is 10.6 Å². The lowest BCUT2D eigenvalue weighted by Gasteiger charge is -2.02. The van der Waals surface area contributed by atoms with Crippen molar-refractivity contribution in [3.63, 3.8) is 0 Å². The van der Waals surface area contributed by atoms with Crippen LogP contribution in [-0.4, -0.2) is 24.0 Å².